The van der Waals surface area contributed by atoms with Crippen molar-refractivity contribution in [1.29, 1.82) is 0 Å². The molecular weight excluding hydrogens is 710 g/mol. The van der Waals surface area contributed by atoms with E-state index in [1.807, 2.05) is 4.90 Å². The number of ether oxygens (including phenoxy) is 1. The fraction of sp³-hybridized carbons (Fsp3) is 0.317. The van der Waals surface area contributed by atoms with Gasteiger partial charge in [-0.05, 0) is 66.8 Å². The van der Waals surface area contributed by atoms with Crippen molar-refractivity contribution < 1.29 is 39.7 Å². The normalized spacial score (nSPS) is 17.5. The first kappa shape index (κ1) is 30.9. The summed E-state index contributed by atoms with van der Waals surface area (Å²) >= 11 is 0.433. The van der Waals surface area contributed by atoms with Crippen LogP contribution >= 0.6 is 11.8 Å². The van der Waals surface area contributed by atoms with E-state index in [0.717, 1.165) is 36.4 Å². The molecule has 0 aliphatic carbocycles. The maximum absolute atomic E-state index is 14.9. The minimum atomic E-state index is -4.50. The average molecular weight is 756 g/mol. The number of piperidine rings is 1. The summed E-state index contributed by atoms with van der Waals surface area (Å²) in [4.78, 5) is 31.7. The maximum Gasteiger partial charge on any atom is 0.416 e. The van der Waals surface area contributed by atoms with Crippen LogP contribution in [-0.2, 0) is 28.0 Å². The van der Waals surface area contributed by atoms with Crippen LogP contribution in [0.5, 0.6) is 0 Å². The van der Waals surface area contributed by atoms with Crippen LogP contribution in [0.4, 0.5) is 22.0 Å². The second-order valence-electron chi connectivity index (χ2n) is 12.7. The van der Waals surface area contributed by atoms with E-state index in [9.17, 15) is 32.9 Å². The van der Waals surface area contributed by atoms with Crippen LogP contribution < -0.4 is 5.43 Å². The highest BCUT2D eigenvalue weighted by Crippen LogP contribution is 2.34. The Kier molecular flexibility index (Phi) is 9.71. The van der Waals surface area contributed by atoms with E-state index in [1.165, 1.54) is 21.6 Å². The van der Waals surface area contributed by atoms with E-state index < -0.39 is 71.6 Å². The number of rotatable bonds is 12. The van der Waals surface area contributed by atoms with Crippen LogP contribution in [-0.4, -0.2) is 59.6 Å². The molecular formula is C41H40F5N3O3S. The number of carbonyl (C=O) groups excluding carboxylic acids is 1. The molecule has 0 N–H and O–H groups in total. The van der Waals surface area contributed by atoms with Gasteiger partial charge in [0.15, 0.2) is 17.1 Å². The van der Waals surface area contributed by atoms with Gasteiger partial charge in [-0.2, -0.15) is 13.2 Å². The van der Waals surface area contributed by atoms with Gasteiger partial charge in [0.05, 0.1) is 34.2 Å². The first-order chi connectivity index (χ1) is 27.7. The number of alkyl halides is 3. The molecule has 6 nitrogen and oxygen atoms in total. The predicted molar refractivity (Wildman–Crippen MR) is 198 cm³/mol. The van der Waals surface area contributed by atoms with Crippen molar-refractivity contribution in [2.75, 3.05) is 33.3 Å². The quantitative estimate of drug-likeness (QED) is 0.0941. The molecule has 5 aromatic rings. The van der Waals surface area contributed by atoms with Gasteiger partial charge in [0.1, 0.15) is 6.54 Å². The van der Waals surface area contributed by atoms with Crippen molar-refractivity contribution in [2.24, 2.45) is 0 Å². The summed E-state index contributed by atoms with van der Waals surface area (Å²) in [7, 11) is -2.55. The molecule has 1 saturated heterocycles. The number of aromatic nitrogens is 1. The Hall–Kier alpha value is -4.52. The standard InChI is InChI=1S/C41H40F5N3O3S/c1-27(28-10-12-29(13-11-28)30-14-16-32(17-15-30)41(44,45)46)49(33-18-20-47(21-19-33)22-23-52-2)38(51)25-48-36-9-4-3-7-34(36)37(50)24-39(48)53-26-31-6-5-8-35(42)40(31)43/h3-17,24,27,33H,18-23,25-26H2,1-2H3/i2D3,26D2,27D. The largest absolute Gasteiger partial charge is 0.416 e. The monoisotopic (exact) mass is 755 g/mol. The minimum Gasteiger partial charge on any atom is -0.383 e. The number of thioether (sulfide) groups is 1. The summed E-state index contributed by atoms with van der Waals surface area (Å²) in [6.45, 7) is 2.19. The highest BCUT2D eigenvalue weighted by Gasteiger charge is 2.33. The molecule has 0 bridgehead atoms. The van der Waals surface area contributed by atoms with Gasteiger partial charge in [0.2, 0.25) is 5.91 Å². The fourth-order valence-electron chi connectivity index (χ4n) is 6.59. The molecule has 1 aromatic heterocycles. The predicted octanol–water partition coefficient (Wildman–Crippen LogP) is 8.96. The zero-order valence-corrected chi connectivity index (χ0v) is 29.4. The van der Waals surface area contributed by atoms with Gasteiger partial charge < -0.3 is 19.1 Å². The molecule has 53 heavy (non-hydrogen) atoms. The summed E-state index contributed by atoms with van der Waals surface area (Å²) in [5, 5.41) is 0.168. The lowest BCUT2D eigenvalue weighted by atomic mass is 9.96. The van der Waals surface area contributed by atoms with Gasteiger partial charge >= 0.3 is 6.18 Å². The topological polar surface area (TPSA) is 54.8 Å². The van der Waals surface area contributed by atoms with E-state index in [2.05, 4.69) is 0 Å². The summed E-state index contributed by atoms with van der Waals surface area (Å²) in [6.07, 6.45) is -3.74. The number of fused-ring (bicyclic) bond motifs is 1. The Labute approximate surface area is 317 Å². The minimum absolute atomic E-state index is 0.0435. The first-order valence-electron chi connectivity index (χ1n) is 19.9. The molecule has 0 spiro atoms. The molecule has 1 amide bonds. The van der Waals surface area contributed by atoms with Gasteiger partial charge in [-0.15, -0.1) is 11.8 Å². The van der Waals surface area contributed by atoms with Gasteiger partial charge in [-0.1, -0.05) is 60.7 Å². The van der Waals surface area contributed by atoms with E-state index in [0.29, 0.717) is 60.9 Å². The third-order valence-corrected chi connectivity index (χ3v) is 10.3. The molecule has 6 rings (SSSR count). The van der Waals surface area contributed by atoms with Gasteiger partial charge in [0, 0.05) is 58.2 Å². The summed E-state index contributed by atoms with van der Waals surface area (Å²) in [5.74, 6) is -3.23. The number of benzene rings is 4. The van der Waals surface area contributed by atoms with Crippen molar-refractivity contribution in [1.82, 2.24) is 14.4 Å². The van der Waals surface area contributed by atoms with Crippen LogP contribution in [0, 0.1) is 11.6 Å². The van der Waals surface area contributed by atoms with Crippen molar-refractivity contribution in [2.45, 2.75) is 55.3 Å². The zero-order valence-electron chi connectivity index (χ0n) is 34.6. The van der Waals surface area contributed by atoms with E-state index in [4.69, 9.17) is 11.6 Å². The van der Waals surface area contributed by atoms with Gasteiger partial charge in [0.25, 0.3) is 0 Å². The Bertz CT molecular complexity index is 2350. The summed E-state index contributed by atoms with van der Waals surface area (Å²) < 4.78 is 124. The lowest BCUT2D eigenvalue weighted by molar-refractivity contribution is -0.138. The number of nitrogens with zero attached hydrogens (tertiary/aromatic N) is 3. The number of hydrogen-bond acceptors (Lipinski definition) is 5. The number of para-hydroxylation sites is 1. The van der Waals surface area contributed by atoms with Crippen LogP contribution in [0.1, 0.15) is 50.7 Å². The lowest BCUT2D eigenvalue weighted by Crippen LogP contribution is -2.49. The van der Waals surface area contributed by atoms with E-state index in [-0.39, 0.29) is 22.5 Å². The number of methoxy groups -OCH3 is 1. The third-order valence-electron chi connectivity index (χ3n) is 9.40. The molecule has 0 saturated carbocycles. The smallest absolute Gasteiger partial charge is 0.383 e. The van der Waals surface area contributed by atoms with Crippen LogP contribution in [0.3, 0.4) is 0 Å². The summed E-state index contributed by atoms with van der Waals surface area (Å²) in [6, 6.07) is 19.6. The second-order valence-corrected chi connectivity index (χ2v) is 13.5. The van der Waals surface area contributed by atoms with Crippen molar-refractivity contribution in [3.05, 3.63) is 136 Å². The second kappa shape index (κ2) is 16.7. The molecule has 12 heteroatoms. The number of carbonyl (C=O) groups is 1. The Morgan fingerprint density at radius 1 is 1.00 bits per heavy atom. The van der Waals surface area contributed by atoms with Gasteiger partial charge in [-0.25, -0.2) is 8.78 Å². The number of halogens is 5. The van der Waals surface area contributed by atoms with Gasteiger partial charge in [-0.3, -0.25) is 9.59 Å². The van der Waals surface area contributed by atoms with Crippen LogP contribution in [0.2, 0.25) is 0 Å². The molecule has 4 aromatic carbocycles. The number of hydrogen-bond donors (Lipinski definition) is 0. The number of likely N-dealkylation sites (tertiary alicyclic amines) is 1. The molecule has 2 heterocycles. The highest BCUT2D eigenvalue weighted by atomic mass is 32.2. The highest BCUT2D eigenvalue weighted by molar-refractivity contribution is 7.98. The molecule has 0 radical (unpaired) electrons. The fourth-order valence-corrected chi connectivity index (χ4v) is 7.40. The van der Waals surface area contributed by atoms with E-state index in [1.54, 1.807) is 55.5 Å². The van der Waals surface area contributed by atoms with Crippen molar-refractivity contribution in [3.63, 3.8) is 0 Å². The lowest BCUT2D eigenvalue weighted by Gasteiger charge is -2.42. The van der Waals surface area contributed by atoms with Crippen LogP contribution in [0.25, 0.3) is 22.0 Å². The molecule has 1 aliphatic heterocycles. The zero-order chi connectivity index (χ0) is 42.9. The van der Waals surface area contributed by atoms with E-state index >= 15 is 0 Å². The molecule has 1 unspecified atom stereocenters. The molecule has 1 aliphatic rings. The number of amides is 1. The Balaban J connectivity index is 1.36. The van der Waals surface area contributed by atoms with Crippen LogP contribution in [0.15, 0.2) is 107 Å². The Morgan fingerprint density at radius 2 is 1.68 bits per heavy atom. The average Bonchev–Trinajstić information content (AvgIpc) is 3.17. The van der Waals surface area contributed by atoms with Crippen molar-refractivity contribution in [3.8, 4) is 11.1 Å². The SMILES string of the molecule is [2H]C([2H])([2H])OCCN1CCC(N(C(=O)Cn2c(SC([2H])([2H])c3cccc(F)c3F)cc(=O)c3ccccc32)C([2H])(C)c2ccc(-c3ccc(C(F)(F)F)cc3)cc2)CC1. The molecule has 1 atom stereocenters. The maximum atomic E-state index is 14.9. The third kappa shape index (κ3) is 8.83. The Morgan fingerprint density at radius 3 is 2.36 bits per heavy atom. The first-order valence-corrected chi connectivity index (χ1v) is 17.7. The molecule has 1 fully saturated rings. The number of pyridine rings is 1. The summed E-state index contributed by atoms with van der Waals surface area (Å²) in [5.41, 5.74) is -2.77. The van der Waals surface area contributed by atoms with Crippen molar-refractivity contribution >= 4 is 28.6 Å². The molecule has 278 valence electrons.